The first kappa shape index (κ1) is 20.6. The Morgan fingerprint density at radius 2 is 1.83 bits per heavy atom. The summed E-state index contributed by atoms with van der Waals surface area (Å²) in [6, 6.07) is 12.0. The molecule has 0 radical (unpaired) electrons. The summed E-state index contributed by atoms with van der Waals surface area (Å²) < 4.78 is 0. The fourth-order valence-corrected chi connectivity index (χ4v) is 4.34. The molecule has 2 saturated heterocycles. The molecule has 2 heterocycles. The number of non-ortho nitro benzene ring substituents is 1. The van der Waals surface area contributed by atoms with E-state index in [1.807, 2.05) is 23.1 Å². The Kier molecular flexibility index (Phi) is 5.90. The van der Waals surface area contributed by atoms with E-state index in [1.165, 1.54) is 17.7 Å². The van der Waals surface area contributed by atoms with Gasteiger partial charge in [-0.2, -0.15) is 0 Å². The van der Waals surface area contributed by atoms with E-state index >= 15 is 0 Å². The second-order valence-electron chi connectivity index (χ2n) is 7.70. The standard InChI is InChI=1S/C21H24ClN5O3/c1-14-2-5-16(22)12-19(14)25-8-10-26(11-9-25)21(28)18-13-23-24-20(18)15-3-6-17(7-4-15)27(29)30/h2-7,12,18,20,23-24H,8-11,13H2,1H3. The molecule has 0 aliphatic carbocycles. The van der Waals surface area contributed by atoms with Gasteiger partial charge < -0.3 is 9.80 Å². The summed E-state index contributed by atoms with van der Waals surface area (Å²) in [6.07, 6.45) is 0. The monoisotopic (exact) mass is 429 g/mol. The minimum Gasteiger partial charge on any atom is -0.368 e. The van der Waals surface area contributed by atoms with Crippen LogP contribution < -0.4 is 15.8 Å². The molecule has 9 heteroatoms. The Balaban J connectivity index is 1.42. The highest BCUT2D eigenvalue weighted by Crippen LogP contribution is 2.29. The number of carbonyl (C=O) groups excluding carboxylic acids is 1. The van der Waals surface area contributed by atoms with Gasteiger partial charge in [0, 0.05) is 55.6 Å². The minimum atomic E-state index is -0.423. The normalized spacial score (nSPS) is 21.7. The molecule has 2 aliphatic rings. The molecule has 2 unspecified atom stereocenters. The molecular weight excluding hydrogens is 406 g/mol. The highest BCUT2D eigenvalue weighted by atomic mass is 35.5. The van der Waals surface area contributed by atoms with Crippen molar-refractivity contribution in [1.29, 1.82) is 0 Å². The van der Waals surface area contributed by atoms with Gasteiger partial charge in [0.25, 0.3) is 5.69 Å². The lowest BCUT2D eigenvalue weighted by atomic mass is 9.93. The van der Waals surface area contributed by atoms with E-state index in [1.54, 1.807) is 12.1 Å². The van der Waals surface area contributed by atoms with Crippen molar-refractivity contribution in [3.05, 3.63) is 68.7 Å². The predicted molar refractivity (Wildman–Crippen MR) is 115 cm³/mol. The number of benzene rings is 2. The first-order valence-electron chi connectivity index (χ1n) is 9.96. The lowest BCUT2D eigenvalue weighted by Gasteiger charge is -2.38. The van der Waals surface area contributed by atoms with Crippen LogP contribution >= 0.6 is 11.6 Å². The molecule has 4 rings (SSSR count). The Bertz CT molecular complexity index is 944. The van der Waals surface area contributed by atoms with Crippen LogP contribution in [-0.4, -0.2) is 48.5 Å². The third-order valence-corrected chi connectivity index (χ3v) is 6.10. The number of hydrogen-bond donors (Lipinski definition) is 2. The largest absolute Gasteiger partial charge is 0.368 e. The number of halogens is 1. The van der Waals surface area contributed by atoms with E-state index in [-0.39, 0.29) is 23.6 Å². The molecule has 30 heavy (non-hydrogen) atoms. The first-order valence-corrected chi connectivity index (χ1v) is 10.3. The zero-order valence-corrected chi connectivity index (χ0v) is 17.4. The van der Waals surface area contributed by atoms with Crippen molar-refractivity contribution in [2.75, 3.05) is 37.6 Å². The number of anilines is 1. The van der Waals surface area contributed by atoms with Gasteiger partial charge in [-0.3, -0.25) is 20.3 Å². The molecule has 8 nitrogen and oxygen atoms in total. The number of hydrogen-bond acceptors (Lipinski definition) is 6. The third-order valence-electron chi connectivity index (χ3n) is 5.87. The van der Waals surface area contributed by atoms with Gasteiger partial charge in [0.15, 0.2) is 0 Å². The summed E-state index contributed by atoms with van der Waals surface area (Å²) in [7, 11) is 0. The highest BCUT2D eigenvalue weighted by Gasteiger charge is 2.37. The van der Waals surface area contributed by atoms with Gasteiger partial charge in [-0.05, 0) is 30.2 Å². The van der Waals surface area contributed by atoms with Crippen LogP contribution in [0.25, 0.3) is 0 Å². The predicted octanol–water partition coefficient (Wildman–Crippen LogP) is 2.67. The minimum absolute atomic E-state index is 0.0417. The maximum atomic E-state index is 13.2. The zero-order valence-electron chi connectivity index (χ0n) is 16.7. The van der Waals surface area contributed by atoms with E-state index in [0.717, 1.165) is 24.3 Å². The van der Waals surface area contributed by atoms with E-state index in [0.29, 0.717) is 24.7 Å². The summed E-state index contributed by atoms with van der Waals surface area (Å²) in [5.41, 5.74) is 9.40. The fraction of sp³-hybridized carbons (Fsp3) is 0.381. The average Bonchev–Trinajstić information content (AvgIpc) is 3.25. The van der Waals surface area contributed by atoms with Crippen LogP contribution in [0, 0.1) is 23.0 Å². The Hall–Kier alpha value is -2.68. The molecule has 1 amide bonds. The highest BCUT2D eigenvalue weighted by molar-refractivity contribution is 6.30. The maximum Gasteiger partial charge on any atom is 0.269 e. The summed E-state index contributed by atoms with van der Waals surface area (Å²) in [4.78, 5) is 27.9. The average molecular weight is 430 g/mol. The molecule has 2 aliphatic heterocycles. The van der Waals surface area contributed by atoms with Crippen LogP contribution in [0.15, 0.2) is 42.5 Å². The number of nitrogens with zero attached hydrogens (tertiary/aromatic N) is 3. The van der Waals surface area contributed by atoms with Gasteiger partial charge in [-0.25, -0.2) is 5.43 Å². The van der Waals surface area contributed by atoms with Crippen molar-refractivity contribution >= 4 is 28.9 Å². The molecule has 158 valence electrons. The Morgan fingerprint density at radius 1 is 1.13 bits per heavy atom. The number of carbonyl (C=O) groups is 1. The van der Waals surface area contributed by atoms with Gasteiger partial charge in [-0.15, -0.1) is 0 Å². The van der Waals surface area contributed by atoms with Gasteiger partial charge in [0.1, 0.15) is 0 Å². The molecule has 2 aromatic rings. The molecule has 2 atom stereocenters. The van der Waals surface area contributed by atoms with Crippen molar-refractivity contribution < 1.29 is 9.72 Å². The van der Waals surface area contributed by atoms with E-state index in [2.05, 4.69) is 22.7 Å². The summed E-state index contributed by atoms with van der Waals surface area (Å²) in [5, 5.41) is 11.6. The molecule has 2 fully saturated rings. The lowest BCUT2D eigenvalue weighted by molar-refractivity contribution is -0.384. The Morgan fingerprint density at radius 3 is 2.50 bits per heavy atom. The van der Waals surface area contributed by atoms with E-state index < -0.39 is 4.92 Å². The molecule has 0 saturated carbocycles. The quantitative estimate of drug-likeness (QED) is 0.573. The van der Waals surface area contributed by atoms with Crippen molar-refractivity contribution in [2.45, 2.75) is 13.0 Å². The van der Waals surface area contributed by atoms with E-state index in [9.17, 15) is 14.9 Å². The number of piperazine rings is 1. The van der Waals surface area contributed by atoms with Crippen molar-refractivity contribution in [3.63, 3.8) is 0 Å². The van der Waals surface area contributed by atoms with Crippen molar-refractivity contribution in [1.82, 2.24) is 15.8 Å². The number of nitro benzene ring substituents is 1. The SMILES string of the molecule is Cc1ccc(Cl)cc1N1CCN(C(=O)C2CNNC2c2ccc([N+](=O)[O-])cc2)CC1. The lowest BCUT2D eigenvalue weighted by Crippen LogP contribution is -2.51. The van der Waals surface area contributed by atoms with Crippen molar-refractivity contribution in [3.8, 4) is 0 Å². The number of amides is 1. The summed E-state index contributed by atoms with van der Waals surface area (Å²) in [6.45, 7) is 5.38. The number of aryl methyl sites for hydroxylation is 1. The molecule has 0 spiro atoms. The van der Waals surface area contributed by atoms with Crippen LogP contribution in [0.2, 0.25) is 5.02 Å². The number of hydrazine groups is 1. The van der Waals surface area contributed by atoms with E-state index in [4.69, 9.17) is 11.6 Å². The molecule has 2 N–H and O–H groups in total. The van der Waals surface area contributed by atoms with Crippen LogP contribution in [0.4, 0.5) is 11.4 Å². The number of rotatable bonds is 4. The van der Waals surface area contributed by atoms with Crippen LogP contribution in [0.1, 0.15) is 17.2 Å². The maximum absolute atomic E-state index is 13.2. The first-order chi connectivity index (χ1) is 14.4. The van der Waals surface area contributed by atoms with Crippen LogP contribution in [0.5, 0.6) is 0 Å². The third kappa shape index (κ3) is 4.12. The van der Waals surface area contributed by atoms with Crippen LogP contribution in [0.3, 0.4) is 0 Å². The molecule has 0 bridgehead atoms. The molecule has 2 aromatic carbocycles. The number of nitrogens with one attached hydrogen (secondary N) is 2. The van der Waals surface area contributed by atoms with Crippen LogP contribution in [-0.2, 0) is 4.79 Å². The van der Waals surface area contributed by atoms with Gasteiger partial charge >= 0.3 is 0 Å². The topological polar surface area (TPSA) is 90.8 Å². The van der Waals surface area contributed by atoms with Gasteiger partial charge in [0.2, 0.25) is 5.91 Å². The van der Waals surface area contributed by atoms with Crippen molar-refractivity contribution in [2.24, 2.45) is 5.92 Å². The van der Waals surface area contributed by atoms with Gasteiger partial charge in [0.05, 0.1) is 16.9 Å². The zero-order chi connectivity index (χ0) is 21.3. The smallest absolute Gasteiger partial charge is 0.269 e. The fourth-order valence-electron chi connectivity index (χ4n) is 4.17. The molecular formula is C21H24ClN5O3. The summed E-state index contributed by atoms with van der Waals surface area (Å²) in [5.74, 6) is -0.163. The molecule has 0 aromatic heterocycles. The second-order valence-corrected chi connectivity index (χ2v) is 8.14. The second kappa shape index (κ2) is 8.59. The summed E-state index contributed by atoms with van der Waals surface area (Å²) >= 11 is 6.16. The Labute approximate surface area is 179 Å². The number of nitro groups is 1. The van der Waals surface area contributed by atoms with Gasteiger partial charge in [-0.1, -0.05) is 29.8 Å².